The Labute approximate surface area is 181 Å². The molecule has 2 aromatic rings. The number of Topliss-reactive ketones (excluding diaryl/α,β-unsaturated/α-hetero) is 1. The predicted octanol–water partition coefficient (Wildman–Crippen LogP) is 1.95. The minimum absolute atomic E-state index is 0.0368. The van der Waals surface area contributed by atoms with E-state index in [1.807, 2.05) is 4.90 Å². The molecule has 11 heteroatoms. The summed E-state index contributed by atoms with van der Waals surface area (Å²) in [5.41, 5.74) is 0.257. The fourth-order valence-corrected chi connectivity index (χ4v) is 4.83. The molecule has 0 spiro atoms. The van der Waals surface area contributed by atoms with Gasteiger partial charge in [0.2, 0.25) is 5.95 Å². The van der Waals surface area contributed by atoms with E-state index in [1.54, 1.807) is 13.0 Å². The van der Waals surface area contributed by atoms with Crippen LogP contribution in [0.25, 0.3) is 0 Å². The number of carbonyl (C=O) groups is 1. The highest BCUT2D eigenvalue weighted by Crippen LogP contribution is 2.36. The average Bonchev–Trinajstić information content (AvgIpc) is 3.37. The summed E-state index contributed by atoms with van der Waals surface area (Å²) in [6.07, 6.45) is -2.56. The lowest BCUT2D eigenvalue weighted by molar-refractivity contribution is -0.152. The maximum absolute atomic E-state index is 13.9. The van der Waals surface area contributed by atoms with Crippen LogP contribution >= 0.6 is 0 Å². The van der Waals surface area contributed by atoms with Crippen LogP contribution in [0.2, 0.25) is 0 Å². The van der Waals surface area contributed by atoms with Crippen molar-refractivity contribution < 1.29 is 22.7 Å². The lowest BCUT2D eigenvalue weighted by atomic mass is 10.1. The molecule has 0 aromatic carbocycles. The zero-order valence-electron chi connectivity index (χ0n) is 17.4. The summed E-state index contributed by atoms with van der Waals surface area (Å²) in [7, 11) is 0. The van der Waals surface area contributed by atoms with Crippen molar-refractivity contribution in [2.24, 2.45) is 0 Å². The Hall–Kier alpha value is -2.95. The highest BCUT2D eigenvalue weighted by atomic mass is 19.4. The molecule has 5 rings (SSSR count). The number of alkyl halides is 3. The van der Waals surface area contributed by atoms with E-state index in [-0.39, 0.29) is 36.6 Å². The zero-order chi connectivity index (χ0) is 22.6. The second-order valence-electron chi connectivity index (χ2n) is 8.43. The highest BCUT2D eigenvalue weighted by Gasteiger charge is 2.48. The summed E-state index contributed by atoms with van der Waals surface area (Å²) in [5, 5.41) is 0. The van der Waals surface area contributed by atoms with Crippen LogP contribution in [0.5, 0.6) is 0 Å². The number of aromatic nitrogens is 3. The summed E-state index contributed by atoms with van der Waals surface area (Å²) in [4.78, 5) is 37.2. The van der Waals surface area contributed by atoms with Crippen molar-refractivity contribution in [3.8, 4) is 0 Å². The molecule has 3 aliphatic heterocycles. The SMILES string of the molecule is Cc1ncccc1C(=O)CN1c2nc(N3C[C@H]4C[C@H]3CO4)cc(=O)n2CC[C@H]1C(F)(F)F. The van der Waals surface area contributed by atoms with Gasteiger partial charge in [0.25, 0.3) is 5.56 Å². The van der Waals surface area contributed by atoms with E-state index in [1.165, 1.54) is 22.9 Å². The number of anilines is 2. The normalized spacial score (nSPS) is 24.7. The number of hydrogen-bond acceptors (Lipinski definition) is 7. The minimum atomic E-state index is -4.58. The number of aryl methyl sites for hydroxylation is 1. The minimum Gasteiger partial charge on any atom is -0.374 e. The molecule has 2 saturated heterocycles. The fraction of sp³-hybridized carbons (Fsp3) is 0.524. The van der Waals surface area contributed by atoms with Gasteiger partial charge in [-0.3, -0.25) is 19.1 Å². The molecule has 0 saturated carbocycles. The van der Waals surface area contributed by atoms with E-state index in [4.69, 9.17) is 4.74 Å². The summed E-state index contributed by atoms with van der Waals surface area (Å²) < 4.78 is 48.6. The number of pyridine rings is 1. The van der Waals surface area contributed by atoms with Gasteiger partial charge in [-0.25, -0.2) is 0 Å². The molecule has 0 radical (unpaired) electrons. The Kier molecular flexibility index (Phi) is 4.95. The van der Waals surface area contributed by atoms with Gasteiger partial charge in [0.1, 0.15) is 11.9 Å². The number of hydrogen-bond donors (Lipinski definition) is 0. The first-order valence-electron chi connectivity index (χ1n) is 10.5. The third kappa shape index (κ3) is 3.54. The van der Waals surface area contributed by atoms with E-state index >= 15 is 0 Å². The van der Waals surface area contributed by atoms with Crippen LogP contribution in [0.3, 0.4) is 0 Å². The Bertz CT molecular complexity index is 1120. The molecule has 170 valence electrons. The van der Waals surface area contributed by atoms with Crippen molar-refractivity contribution in [2.45, 2.75) is 50.7 Å². The summed E-state index contributed by atoms with van der Waals surface area (Å²) in [6.45, 7) is 2.00. The standard InChI is InChI=1S/C21H22F3N5O3/c1-12-15(3-2-5-25-12)16(30)10-29-17(21(22,23)24)4-6-27-19(31)8-18(26-20(27)29)28-9-14-7-13(28)11-32-14/h2-3,5,8,13-14,17H,4,6-7,9-11H2,1H3/t13-,14+,17-/m0/s1. The topological polar surface area (TPSA) is 80.6 Å². The zero-order valence-corrected chi connectivity index (χ0v) is 17.4. The molecule has 5 heterocycles. The van der Waals surface area contributed by atoms with Crippen LogP contribution in [-0.4, -0.2) is 64.4 Å². The molecule has 3 aliphatic rings. The largest absolute Gasteiger partial charge is 0.408 e. The van der Waals surface area contributed by atoms with Crippen LogP contribution in [0.1, 0.15) is 28.9 Å². The van der Waals surface area contributed by atoms with Gasteiger partial charge >= 0.3 is 6.18 Å². The molecular weight excluding hydrogens is 427 g/mol. The molecule has 0 unspecified atom stereocenters. The Morgan fingerprint density at radius 3 is 2.81 bits per heavy atom. The molecule has 0 N–H and O–H groups in total. The molecule has 2 fully saturated rings. The molecule has 2 aromatic heterocycles. The molecule has 3 atom stereocenters. The third-order valence-electron chi connectivity index (χ3n) is 6.43. The van der Waals surface area contributed by atoms with Gasteiger partial charge in [-0.15, -0.1) is 0 Å². The summed E-state index contributed by atoms with van der Waals surface area (Å²) in [5.74, 6) is -0.305. The predicted molar refractivity (Wildman–Crippen MR) is 109 cm³/mol. The third-order valence-corrected chi connectivity index (χ3v) is 6.43. The van der Waals surface area contributed by atoms with Gasteiger partial charge in [0.15, 0.2) is 5.78 Å². The second-order valence-corrected chi connectivity index (χ2v) is 8.43. The van der Waals surface area contributed by atoms with E-state index < -0.39 is 30.1 Å². The van der Waals surface area contributed by atoms with E-state index in [2.05, 4.69) is 9.97 Å². The Morgan fingerprint density at radius 1 is 1.34 bits per heavy atom. The van der Waals surface area contributed by atoms with E-state index in [0.29, 0.717) is 24.7 Å². The van der Waals surface area contributed by atoms with E-state index in [9.17, 15) is 22.8 Å². The van der Waals surface area contributed by atoms with Crippen molar-refractivity contribution >= 4 is 17.5 Å². The number of fused-ring (bicyclic) bond motifs is 3. The second kappa shape index (κ2) is 7.58. The first-order chi connectivity index (χ1) is 15.2. The van der Waals surface area contributed by atoms with Gasteiger partial charge in [-0.1, -0.05) is 0 Å². The summed E-state index contributed by atoms with van der Waals surface area (Å²) in [6, 6.07) is 2.60. The molecule has 8 nitrogen and oxygen atoms in total. The quantitative estimate of drug-likeness (QED) is 0.660. The van der Waals surface area contributed by atoms with Gasteiger partial charge in [0.05, 0.1) is 25.3 Å². The lowest BCUT2D eigenvalue weighted by Gasteiger charge is -2.39. The molecular formula is C21H22F3N5O3. The van der Waals surface area contributed by atoms with Crippen LogP contribution in [0.4, 0.5) is 24.9 Å². The Morgan fingerprint density at radius 2 is 2.16 bits per heavy atom. The molecule has 2 bridgehead atoms. The smallest absolute Gasteiger partial charge is 0.374 e. The van der Waals surface area contributed by atoms with Crippen LogP contribution < -0.4 is 15.4 Å². The highest BCUT2D eigenvalue weighted by molar-refractivity contribution is 6.00. The van der Waals surface area contributed by atoms with Crippen molar-refractivity contribution in [1.29, 1.82) is 0 Å². The number of morpholine rings is 1. The summed E-state index contributed by atoms with van der Waals surface area (Å²) >= 11 is 0. The lowest BCUT2D eigenvalue weighted by Crippen LogP contribution is -2.54. The first kappa shape index (κ1) is 20.9. The van der Waals surface area contributed by atoms with Crippen LogP contribution in [-0.2, 0) is 11.3 Å². The molecule has 32 heavy (non-hydrogen) atoms. The maximum atomic E-state index is 13.9. The van der Waals surface area contributed by atoms with Crippen molar-refractivity contribution in [2.75, 3.05) is 29.5 Å². The molecule has 0 aliphatic carbocycles. The van der Waals surface area contributed by atoms with Crippen molar-refractivity contribution in [3.05, 3.63) is 46.0 Å². The molecule has 0 amide bonds. The number of ketones is 1. The average molecular weight is 449 g/mol. The van der Waals surface area contributed by atoms with Gasteiger partial charge in [-0.05, 0) is 31.9 Å². The number of rotatable bonds is 4. The number of halogens is 3. The van der Waals surface area contributed by atoms with Crippen molar-refractivity contribution in [3.63, 3.8) is 0 Å². The van der Waals surface area contributed by atoms with Gasteiger partial charge in [0, 0.05) is 36.6 Å². The fourth-order valence-electron chi connectivity index (χ4n) is 4.83. The number of nitrogens with zero attached hydrogens (tertiary/aromatic N) is 5. The number of ether oxygens (including phenoxy) is 1. The van der Waals surface area contributed by atoms with Gasteiger partial charge in [-0.2, -0.15) is 18.2 Å². The van der Waals surface area contributed by atoms with Crippen LogP contribution in [0.15, 0.2) is 29.2 Å². The maximum Gasteiger partial charge on any atom is 0.408 e. The van der Waals surface area contributed by atoms with Crippen molar-refractivity contribution in [1.82, 2.24) is 14.5 Å². The monoisotopic (exact) mass is 449 g/mol. The number of carbonyl (C=O) groups excluding carboxylic acids is 1. The Balaban J connectivity index is 1.55. The van der Waals surface area contributed by atoms with Gasteiger partial charge < -0.3 is 14.5 Å². The van der Waals surface area contributed by atoms with Crippen LogP contribution in [0, 0.1) is 6.92 Å². The van der Waals surface area contributed by atoms with E-state index in [0.717, 1.165) is 11.3 Å². The first-order valence-corrected chi connectivity index (χ1v) is 10.5.